The van der Waals surface area contributed by atoms with Gasteiger partial charge >= 0.3 is 0 Å². The molecule has 88 valence electrons. The number of aromatic nitrogens is 3. The van der Waals surface area contributed by atoms with Crippen LogP contribution in [-0.2, 0) is 13.0 Å². The molecule has 2 aromatic rings. The molecule has 1 unspecified atom stereocenters. The molecule has 0 N–H and O–H groups in total. The number of hydrogen-bond donors (Lipinski definition) is 0. The summed E-state index contributed by atoms with van der Waals surface area (Å²) in [5.41, 5.74) is 2.47. The Labute approximate surface area is 101 Å². The Balaban J connectivity index is 2.09. The summed E-state index contributed by atoms with van der Waals surface area (Å²) < 4.78 is 2.28. The molecule has 0 saturated carbocycles. The molecule has 3 heteroatoms. The predicted octanol–water partition coefficient (Wildman–Crippen LogP) is 2.84. The standard InChI is InChI=1S/C14H17N3/c1-10-7-8-17-13(9-10)15-16-14(17)12-6-4-3-5-11(12)2/h3-6,10H,7-9H2,1-2H3. The monoisotopic (exact) mass is 227 g/mol. The van der Waals surface area contributed by atoms with Crippen molar-refractivity contribution >= 4 is 0 Å². The Morgan fingerprint density at radius 1 is 1.24 bits per heavy atom. The molecule has 1 atom stereocenters. The van der Waals surface area contributed by atoms with Crippen LogP contribution in [-0.4, -0.2) is 14.8 Å². The van der Waals surface area contributed by atoms with Gasteiger partial charge in [0.25, 0.3) is 0 Å². The number of rotatable bonds is 1. The van der Waals surface area contributed by atoms with Crippen molar-refractivity contribution in [3.8, 4) is 11.4 Å². The van der Waals surface area contributed by atoms with Crippen LogP contribution in [0.15, 0.2) is 24.3 Å². The van der Waals surface area contributed by atoms with Gasteiger partial charge in [0.1, 0.15) is 5.82 Å². The summed E-state index contributed by atoms with van der Waals surface area (Å²) in [4.78, 5) is 0. The fourth-order valence-corrected chi connectivity index (χ4v) is 2.51. The summed E-state index contributed by atoms with van der Waals surface area (Å²) >= 11 is 0. The third-order valence-electron chi connectivity index (χ3n) is 3.59. The molecule has 1 aliphatic heterocycles. The molecule has 0 bridgehead atoms. The fraction of sp³-hybridized carbons (Fsp3) is 0.429. The van der Waals surface area contributed by atoms with Crippen molar-refractivity contribution < 1.29 is 0 Å². The van der Waals surface area contributed by atoms with Gasteiger partial charge in [0, 0.05) is 18.5 Å². The molecule has 2 heterocycles. The van der Waals surface area contributed by atoms with Gasteiger partial charge in [0.2, 0.25) is 0 Å². The van der Waals surface area contributed by atoms with Crippen LogP contribution in [0, 0.1) is 12.8 Å². The summed E-state index contributed by atoms with van der Waals surface area (Å²) in [7, 11) is 0. The van der Waals surface area contributed by atoms with Crippen LogP contribution >= 0.6 is 0 Å². The summed E-state index contributed by atoms with van der Waals surface area (Å²) in [6, 6.07) is 8.39. The molecule has 1 aromatic heterocycles. The van der Waals surface area contributed by atoms with Crippen LogP contribution < -0.4 is 0 Å². The highest BCUT2D eigenvalue weighted by Crippen LogP contribution is 2.26. The van der Waals surface area contributed by atoms with Crippen LogP contribution in [0.3, 0.4) is 0 Å². The maximum Gasteiger partial charge on any atom is 0.164 e. The highest BCUT2D eigenvalue weighted by atomic mass is 15.3. The van der Waals surface area contributed by atoms with E-state index in [1.165, 1.54) is 17.5 Å². The Morgan fingerprint density at radius 2 is 2.06 bits per heavy atom. The molecule has 0 amide bonds. The molecule has 3 rings (SSSR count). The fourth-order valence-electron chi connectivity index (χ4n) is 2.51. The number of hydrogen-bond acceptors (Lipinski definition) is 2. The molecule has 0 fully saturated rings. The molecule has 3 nitrogen and oxygen atoms in total. The topological polar surface area (TPSA) is 30.7 Å². The van der Waals surface area contributed by atoms with Crippen molar-refractivity contribution in [1.29, 1.82) is 0 Å². The predicted molar refractivity (Wildman–Crippen MR) is 67.7 cm³/mol. The maximum absolute atomic E-state index is 4.38. The highest BCUT2D eigenvalue weighted by Gasteiger charge is 2.21. The maximum atomic E-state index is 4.38. The molecule has 1 aromatic carbocycles. The number of nitrogens with zero attached hydrogens (tertiary/aromatic N) is 3. The summed E-state index contributed by atoms with van der Waals surface area (Å²) in [5.74, 6) is 2.91. The lowest BCUT2D eigenvalue weighted by Crippen LogP contribution is -2.18. The molecule has 0 spiro atoms. The van der Waals surface area contributed by atoms with E-state index < -0.39 is 0 Å². The first-order chi connectivity index (χ1) is 8.25. The molecular weight excluding hydrogens is 210 g/mol. The van der Waals surface area contributed by atoms with E-state index in [0.717, 1.165) is 30.5 Å². The van der Waals surface area contributed by atoms with Gasteiger partial charge in [-0.2, -0.15) is 0 Å². The third-order valence-corrected chi connectivity index (χ3v) is 3.59. The average Bonchev–Trinajstić information content (AvgIpc) is 2.72. The van der Waals surface area contributed by atoms with Gasteiger partial charge in [-0.3, -0.25) is 0 Å². The second kappa shape index (κ2) is 3.99. The van der Waals surface area contributed by atoms with E-state index in [2.05, 4.69) is 52.9 Å². The van der Waals surface area contributed by atoms with Gasteiger partial charge < -0.3 is 4.57 Å². The Hall–Kier alpha value is -1.64. The van der Waals surface area contributed by atoms with E-state index in [-0.39, 0.29) is 0 Å². The quantitative estimate of drug-likeness (QED) is 0.750. The second-order valence-corrected chi connectivity index (χ2v) is 5.00. The van der Waals surface area contributed by atoms with E-state index in [1.54, 1.807) is 0 Å². The van der Waals surface area contributed by atoms with Crippen molar-refractivity contribution in [2.75, 3.05) is 0 Å². The molecule has 17 heavy (non-hydrogen) atoms. The first-order valence-electron chi connectivity index (χ1n) is 6.24. The first-order valence-corrected chi connectivity index (χ1v) is 6.24. The zero-order chi connectivity index (χ0) is 11.8. The largest absolute Gasteiger partial charge is 0.311 e. The minimum atomic E-state index is 0.733. The van der Waals surface area contributed by atoms with Gasteiger partial charge in [0.05, 0.1) is 0 Å². The smallest absolute Gasteiger partial charge is 0.164 e. The van der Waals surface area contributed by atoms with Crippen LogP contribution in [0.5, 0.6) is 0 Å². The van der Waals surface area contributed by atoms with E-state index in [0.29, 0.717) is 0 Å². The zero-order valence-electron chi connectivity index (χ0n) is 10.3. The van der Waals surface area contributed by atoms with Crippen LogP contribution in [0.1, 0.15) is 24.7 Å². The molecular formula is C14H17N3. The summed E-state index contributed by atoms with van der Waals surface area (Å²) in [5, 5.41) is 8.71. The van der Waals surface area contributed by atoms with Gasteiger partial charge in [-0.05, 0) is 24.8 Å². The van der Waals surface area contributed by atoms with Crippen LogP contribution in [0.2, 0.25) is 0 Å². The number of aryl methyl sites for hydroxylation is 1. The van der Waals surface area contributed by atoms with Gasteiger partial charge in [-0.15, -0.1) is 10.2 Å². The lowest BCUT2D eigenvalue weighted by Gasteiger charge is -2.20. The molecule has 1 aliphatic rings. The molecule has 0 radical (unpaired) electrons. The van der Waals surface area contributed by atoms with Crippen molar-refractivity contribution in [3.63, 3.8) is 0 Å². The Morgan fingerprint density at radius 3 is 2.88 bits per heavy atom. The number of benzene rings is 1. The van der Waals surface area contributed by atoms with Crippen molar-refractivity contribution in [3.05, 3.63) is 35.7 Å². The van der Waals surface area contributed by atoms with E-state index in [1.807, 2.05) is 0 Å². The van der Waals surface area contributed by atoms with Gasteiger partial charge in [-0.1, -0.05) is 31.2 Å². The number of fused-ring (bicyclic) bond motifs is 1. The lowest BCUT2D eigenvalue weighted by molar-refractivity contribution is 0.411. The van der Waals surface area contributed by atoms with E-state index in [4.69, 9.17) is 0 Å². The summed E-state index contributed by atoms with van der Waals surface area (Å²) in [6.07, 6.45) is 2.28. The minimum absolute atomic E-state index is 0.733. The first kappa shape index (κ1) is 10.5. The Bertz CT molecular complexity index is 542. The third kappa shape index (κ3) is 1.75. The van der Waals surface area contributed by atoms with Crippen molar-refractivity contribution in [2.24, 2.45) is 5.92 Å². The SMILES string of the molecule is Cc1ccccc1-c1nnc2n1CCC(C)C2. The van der Waals surface area contributed by atoms with Crippen molar-refractivity contribution in [1.82, 2.24) is 14.8 Å². The summed E-state index contributed by atoms with van der Waals surface area (Å²) in [6.45, 7) is 5.46. The van der Waals surface area contributed by atoms with E-state index >= 15 is 0 Å². The normalized spacial score (nSPS) is 19.1. The van der Waals surface area contributed by atoms with Crippen molar-refractivity contribution in [2.45, 2.75) is 33.2 Å². The van der Waals surface area contributed by atoms with Gasteiger partial charge in [-0.25, -0.2) is 0 Å². The second-order valence-electron chi connectivity index (χ2n) is 5.00. The zero-order valence-corrected chi connectivity index (χ0v) is 10.3. The average molecular weight is 227 g/mol. The highest BCUT2D eigenvalue weighted by molar-refractivity contribution is 5.60. The Kier molecular flexibility index (Phi) is 2.46. The molecule has 0 aliphatic carbocycles. The van der Waals surface area contributed by atoms with Gasteiger partial charge in [0.15, 0.2) is 5.82 Å². The minimum Gasteiger partial charge on any atom is -0.311 e. The lowest BCUT2D eigenvalue weighted by atomic mass is 10.00. The van der Waals surface area contributed by atoms with E-state index in [9.17, 15) is 0 Å². The van der Waals surface area contributed by atoms with Crippen LogP contribution in [0.25, 0.3) is 11.4 Å². The molecule has 0 saturated heterocycles. The van der Waals surface area contributed by atoms with Crippen LogP contribution in [0.4, 0.5) is 0 Å².